The molecule has 2 aromatic carbocycles. The Kier molecular flexibility index (Phi) is 4.72. The third-order valence-corrected chi connectivity index (χ3v) is 3.71. The number of carbonyl (C=O) groups is 1. The highest BCUT2D eigenvalue weighted by Gasteiger charge is 2.26. The van der Waals surface area contributed by atoms with Gasteiger partial charge in [0.05, 0.1) is 12.3 Å². The van der Waals surface area contributed by atoms with Crippen LogP contribution in [0, 0.1) is 0 Å². The van der Waals surface area contributed by atoms with Gasteiger partial charge in [-0.2, -0.15) is 5.10 Å². The molecule has 0 radical (unpaired) electrons. The lowest BCUT2D eigenvalue weighted by Crippen LogP contribution is -2.07. The summed E-state index contributed by atoms with van der Waals surface area (Å²) >= 11 is 0. The molecule has 0 saturated carbocycles. The van der Waals surface area contributed by atoms with Crippen molar-refractivity contribution in [2.45, 2.75) is 13.0 Å². The highest BCUT2D eigenvalue weighted by molar-refractivity contribution is 5.96. The highest BCUT2D eigenvalue weighted by Crippen LogP contribution is 2.33. The largest absolute Gasteiger partial charge is 0.461 e. The third-order valence-electron chi connectivity index (χ3n) is 3.71. The van der Waals surface area contributed by atoms with Crippen molar-refractivity contribution in [1.29, 1.82) is 0 Å². The van der Waals surface area contributed by atoms with E-state index in [9.17, 15) is 9.90 Å². The minimum atomic E-state index is -0.919. The van der Waals surface area contributed by atoms with Crippen molar-refractivity contribution in [2.24, 2.45) is 0 Å². The Morgan fingerprint density at radius 2 is 1.75 bits per heavy atom. The van der Waals surface area contributed by atoms with E-state index in [2.05, 4.69) is 10.2 Å². The van der Waals surface area contributed by atoms with Crippen molar-refractivity contribution in [3.63, 3.8) is 0 Å². The minimum absolute atomic E-state index is 0.174. The predicted molar refractivity (Wildman–Crippen MR) is 90.5 cm³/mol. The third kappa shape index (κ3) is 3.07. The lowest BCUT2D eigenvalue weighted by atomic mass is 9.97. The Hall–Kier alpha value is -2.92. The molecule has 3 aromatic rings. The van der Waals surface area contributed by atoms with Crippen LogP contribution >= 0.6 is 0 Å². The van der Waals surface area contributed by atoms with E-state index in [0.29, 0.717) is 16.8 Å². The fourth-order valence-corrected chi connectivity index (χ4v) is 2.60. The zero-order chi connectivity index (χ0) is 16.9. The molecule has 5 nitrogen and oxygen atoms in total. The summed E-state index contributed by atoms with van der Waals surface area (Å²) in [7, 11) is 0. The van der Waals surface area contributed by atoms with Crippen LogP contribution in [0.1, 0.15) is 34.8 Å². The quantitative estimate of drug-likeness (QED) is 0.707. The van der Waals surface area contributed by atoms with Gasteiger partial charge in [0.15, 0.2) is 5.69 Å². The molecule has 0 spiro atoms. The first-order valence-corrected chi connectivity index (χ1v) is 7.76. The second kappa shape index (κ2) is 7.10. The maximum atomic E-state index is 12.2. The number of H-pyrrole nitrogens is 1. The summed E-state index contributed by atoms with van der Waals surface area (Å²) in [5.74, 6) is -0.515. The van der Waals surface area contributed by atoms with Crippen LogP contribution in [0.2, 0.25) is 0 Å². The summed E-state index contributed by atoms with van der Waals surface area (Å²) in [5, 5.41) is 17.6. The number of aliphatic hydroxyl groups excluding tert-OH is 1. The molecule has 1 aromatic heterocycles. The van der Waals surface area contributed by atoms with Crippen molar-refractivity contribution >= 4 is 5.97 Å². The topological polar surface area (TPSA) is 75.2 Å². The van der Waals surface area contributed by atoms with Crippen molar-refractivity contribution in [3.05, 3.63) is 77.6 Å². The molecule has 0 aliphatic heterocycles. The SMILES string of the molecule is CCOC(=O)c1n[nH]c(C(O)c2ccccc2)c1-c1ccccc1. The van der Waals surface area contributed by atoms with Crippen molar-refractivity contribution in [3.8, 4) is 11.1 Å². The number of benzene rings is 2. The van der Waals surface area contributed by atoms with Gasteiger partial charge in [-0.1, -0.05) is 60.7 Å². The van der Waals surface area contributed by atoms with Crippen molar-refractivity contribution in [2.75, 3.05) is 6.61 Å². The summed E-state index contributed by atoms with van der Waals surface area (Å²) in [6.45, 7) is 2.00. The Morgan fingerprint density at radius 1 is 1.12 bits per heavy atom. The maximum Gasteiger partial charge on any atom is 0.359 e. The van der Waals surface area contributed by atoms with E-state index in [1.54, 1.807) is 6.92 Å². The molecule has 0 amide bonds. The van der Waals surface area contributed by atoms with E-state index in [4.69, 9.17) is 4.74 Å². The molecule has 0 fully saturated rings. The van der Waals surface area contributed by atoms with Gasteiger partial charge in [-0.3, -0.25) is 5.10 Å². The van der Waals surface area contributed by atoms with Gasteiger partial charge in [-0.05, 0) is 18.1 Å². The van der Waals surface area contributed by atoms with E-state index >= 15 is 0 Å². The number of carbonyl (C=O) groups excluding carboxylic acids is 1. The van der Waals surface area contributed by atoms with Crippen LogP contribution in [0.4, 0.5) is 0 Å². The number of esters is 1. The van der Waals surface area contributed by atoms with Gasteiger partial charge in [0, 0.05) is 5.56 Å². The molecule has 0 bridgehead atoms. The summed E-state index contributed by atoms with van der Waals surface area (Å²) < 4.78 is 5.09. The zero-order valence-corrected chi connectivity index (χ0v) is 13.3. The average molecular weight is 322 g/mol. The minimum Gasteiger partial charge on any atom is -0.461 e. The van der Waals surface area contributed by atoms with E-state index < -0.39 is 12.1 Å². The predicted octanol–water partition coefficient (Wildman–Crippen LogP) is 3.34. The first-order chi connectivity index (χ1) is 11.7. The normalized spacial score (nSPS) is 11.9. The van der Waals surface area contributed by atoms with Crippen LogP contribution in [0.5, 0.6) is 0 Å². The molecule has 0 aliphatic rings. The van der Waals surface area contributed by atoms with Gasteiger partial charge in [-0.25, -0.2) is 4.79 Å². The number of nitrogens with one attached hydrogen (secondary N) is 1. The number of ether oxygens (including phenoxy) is 1. The zero-order valence-electron chi connectivity index (χ0n) is 13.3. The van der Waals surface area contributed by atoms with Gasteiger partial charge in [0.1, 0.15) is 6.10 Å². The lowest BCUT2D eigenvalue weighted by molar-refractivity contribution is 0.0520. The number of aromatic amines is 1. The molecule has 1 heterocycles. The maximum absolute atomic E-state index is 12.2. The molecule has 1 unspecified atom stereocenters. The number of hydrogen-bond acceptors (Lipinski definition) is 4. The Bertz CT molecular complexity index is 813. The summed E-state index contributed by atoms with van der Waals surface area (Å²) in [6, 6.07) is 18.6. The van der Waals surface area contributed by atoms with E-state index in [-0.39, 0.29) is 12.3 Å². The Morgan fingerprint density at radius 3 is 2.38 bits per heavy atom. The molecule has 0 saturated heterocycles. The van der Waals surface area contributed by atoms with Crippen LogP contribution in [0.25, 0.3) is 11.1 Å². The standard InChI is InChI=1S/C19H18N2O3/c1-2-24-19(23)17-15(13-9-5-3-6-10-13)16(20-21-17)18(22)14-11-7-4-8-12-14/h3-12,18,22H,2H2,1H3,(H,20,21). The average Bonchev–Trinajstić information content (AvgIpc) is 3.08. The fourth-order valence-electron chi connectivity index (χ4n) is 2.60. The van der Waals surface area contributed by atoms with Gasteiger partial charge in [0.2, 0.25) is 0 Å². The van der Waals surface area contributed by atoms with Crippen LogP contribution in [0.3, 0.4) is 0 Å². The van der Waals surface area contributed by atoms with Gasteiger partial charge < -0.3 is 9.84 Å². The van der Waals surface area contributed by atoms with Crippen LogP contribution < -0.4 is 0 Å². The lowest BCUT2D eigenvalue weighted by Gasteiger charge is -2.12. The van der Waals surface area contributed by atoms with Gasteiger partial charge in [-0.15, -0.1) is 0 Å². The number of aromatic nitrogens is 2. The molecule has 2 N–H and O–H groups in total. The molecule has 1 atom stereocenters. The number of hydrogen-bond donors (Lipinski definition) is 2. The summed E-state index contributed by atoms with van der Waals surface area (Å²) in [6.07, 6.45) is -0.919. The number of nitrogens with zero attached hydrogens (tertiary/aromatic N) is 1. The number of aliphatic hydroxyl groups is 1. The second-order valence-corrected chi connectivity index (χ2v) is 5.26. The molecule has 0 aliphatic carbocycles. The van der Waals surface area contributed by atoms with Crippen LogP contribution in [-0.4, -0.2) is 27.9 Å². The first kappa shape index (κ1) is 16.0. The Labute approximate surface area is 139 Å². The van der Waals surface area contributed by atoms with Crippen molar-refractivity contribution < 1.29 is 14.6 Å². The molecule has 3 rings (SSSR count). The molecule has 122 valence electrons. The fraction of sp³-hybridized carbons (Fsp3) is 0.158. The molecular weight excluding hydrogens is 304 g/mol. The van der Waals surface area contributed by atoms with Crippen LogP contribution in [0.15, 0.2) is 60.7 Å². The van der Waals surface area contributed by atoms with E-state index in [1.807, 2.05) is 60.7 Å². The van der Waals surface area contributed by atoms with E-state index in [0.717, 1.165) is 5.56 Å². The molecular formula is C19H18N2O3. The summed E-state index contributed by atoms with van der Waals surface area (Å²) in [4.78, 5) is 12.2. The molecule has 24 heavy (non-hydrogen) atoms. The Balaban J connectivity index is 2.11. The highest BCUT2D eigenvalue weighted by atomic mass is 16.5. The first-order valence-electron chi connectivity index (χ1n) is 7.76. The summed E-state index contributed by atoms with van der Waals surface area (Å²) in [5.41, 5.74) is 2.71. The number of rotatable bonds is 5. The van der Waals surface area contributed by atoms with Gasteiger partial charge >= 0.3 is 5.97 Å². The smallest absolute Gasteiger partial charge is 0.359 e. The van der Waals surface area contributed by atoms with Crippen LogP contribution in [-0.2, 0) is 4.74 Å². The van der Waals surface area contributed by atoms with E-state index in [1.165, 1.54) is 0 Å². The van der Waals surface area contributed by atoms with Gasteiger partial charge in [0.25, 0.3) is 0 Å². The van der Waals surface area contributed by atoms with Crippen molar-refractivity contribution in [1.82, 2.24) is 10.2 Å². The second-order valence-electron chi connectivity index (χ2n) is 5.26. The molecule has 5 heteroatoms. The monoisotopic (exact) mass is 322 g/mol.